The van der Waals surface area contributed by atoms with E-state index in [0.717, 1.165) is 13.1 Å². The second-order valence-electron chi connectivity index (χ2n) is 6.90. The Kier molecular flexibility index (Phi) is 5.28. The first-order valence-electron chi connectivity index (χ1n) is 6.01. The van der Waals surface area contributed by atoms with E-state index in [1.54, 1.807) is 0 Å². The third-order valence-corrected chi connectivity index (χ3v) is 3.41. The highest BCUT2D eigenvalue weighted by molar-refractivity contribution is 4.80. The largest absolute Gasteiger partial charge is 0.326 e. The maximum atomic E-state index is 6.08. The molecule has 2 unspecified atom stereocenters. The fourth-order valence-electron chi connectivity index (χ4n) is 1.07. The van der Waals surface area contributed by atoms with Gasteiger partial charge in [-0.2, -0.15) is 0 Å². The van der Waals surface area contributed by atoms with Crippen LogP contribution in [0.15, 0.2) is 0 Å². The van der Waals surface area contributed by atoms with Crippen molar-refractivity contribution < 1.29 is 0 Å². The van der Waals surface area contributed by atoms with Gasteiger partial charge < -0.3 is 11.1 Å². The molecule has 0 spiro atoms. The van der Waals surface area contributed by atoms with Crippen molar-refractivity contribution in [2.45, 2.75) is 54.5 Å². The molecule has 0 rings (SSSR count). The lowest BCUT2D eigenvalue weighted by Crippen LogP contribution is -2.45. The first-order chi connectivity index (χ1) is 6.55. The summed E-state index contributed by atoms with van der Waals surface area (Å²) in [4.78, 5) is 0. The Hall–Kier alpha value is -0.0800. The van der Waals surface area contributed by atoms with Crippen LogP contribution in [0.5, 0.6) is 0 Å². The van der Waals surface area contributed by atoms with E-state index in [2.05, 4.69) is 53.8 Å². The van der Waals surface area contributed by atoms with Gasteiger partial charge in [0.25, 0.3) is 0 Å². The molecule has 0 saturated heterocycles. The molecule has 15 heavy (non-hydrogen) atoms. The van der Waals surface area contributed by atoms with Crippen molar-refractivity contribution in [1.29, 1.82) is 0 Å². The maximum Gasteiger partial charge on any atom is 0.0214 e. The van der Waals surface area contributed by atoms with E-state index >= 15 is 0 Å². The SMILES string of the molecule is CC(CNCC(N)C(C)(C)C)C(C)(C)C. The topological polar surface area (TPSA) is 38.0 Å². The summed E-state index contributed by atoms with van der Waals surface area (Å²) in [5.74, 6) is 0.671. The van der Waals surface area contributed by atoms with Gasteiger partial charge in [0.1, 0.15) is 0 Å². The minimum Gasteiger partial charge on any atom is -0.326 e. The molecule has 0 aromatic heterocycles. The smallest absolute Gasteiger partial charge is 0.0214 e. The van der Waals surface area contributed by atoms with Gasteiger partial charge in [0.2, 0.25) is 0 Å². The predicted octanol–water partition coefficient (Wildman–Crippen LogP) is 2.63. The molecule has 0 aliphatic carbocycles. The summed E-state index contributed by atoms with van der Waals surface area (Å²) in [6.07, 6.45) is 0. The van der Waals surface area contributed by atoms with Gasteiger partial charge in [0.15, 0.2) is 0 Å². The van der Waals surface area contributed by atoms with E-state index in [4.69, 9.17) is 5.73 Å². The predicted molar refractivity (Wildman–Crippen MR) is 68.9 cm³/mol. The highest BCUT2D eigenvalue weighted by Crippen LogP contribution is 2.24. The van der Waals surface area contributed by atoms with E-state index in [0.29, 0.717) is 11.3 Å². The molecule has 0 aromatic rings. The monoisotopic (exact) mass is 214 g/mol. The van der Waals surface area contributed by atoms with Crippen molar-refractivity contribution >= 4 is 0 Å². The second-order valence-corrected chi connectivity index (χ2v) is 6.90. The van der Waals surface area contributed by atoms with Crippen molar-refractivity contribution in [2.24, 2.45) is 22.5 Å². The van der Waals surface area contributed by atoms with Gasteiger partial charge in [-0.15, -0.1) is 0 Å². The zero-order chi connectivity index (χ0) is 12.3. The molecule has 0 heterocycles. The lowest BCUT2D eigenvalue weighted by molar-refractivity contribution is 0.241. The molecule has 0 amide bonds. The van der Waals surface area contributed by atoms with E-state index in [9.17, 15) is 0 Å². The number of nitrogens with two attached hydrogens (primary N) is 1. The molecule has 0 aliphatic heterocycles. The quantitative estimate of drug-likeness (QED) is 0.755. The standard InChI is InChI=1S/C13H30N2/c1-10(12(2,3)4)8-15-9-11(14)13(5,6)7/h10-11,15H,8-9,14H2,1-7H3. The average molecular weight is 214 g/mol. The fourth-order valence-corrected chi connectivity index (χ4v) is 1.07. The normalized spacial score (nSPS) is 17.6. The second kappa shape index (κ2) is 5.31. The van der Waals surface area contributed by atoms with Crippen LogP contribution in [0.1, 0.15) is 48.5 Å². The molecule has 3 N–H and O–H groups in total. The van der Waals surface area contributed by atoms with Crippen molar-refractivity contribution in [3.05, 3.63) is 0 Å². The van der Waals surface area contributed by atoms with E-state index < -0.39 is 0 Å². The molecule has 0 bridgehead atoms. The molecule has 2 heteroatoms. The average Bonchev–Trinajstić information content (AvgIpc) is 2.00. The van der Waals surface area contributed by atoms with Crippen molar-refractivity contribution in [2.75, 3.05) is 13.1 Å². The van der Waals surface area contributed by atoms with Crippen molar-refractivity contribution in [3.8, 4) is 0 Å². The fraction of sp³-hybridized carbons (Fsp3) is 1.00. The van der Waals surface area contributed by atoms with Crippen LogP contribution < -0.4 is 11.1 Å². The van der Waals surface area contributed by atoms with Crippen LogP contribution in [0.3, 0.4) is 0 Å². The van der Waals surface area contributed by atoms with E-state index in [1.165, 1.54) is 0 Å². The molecule has 0 aliphatic rings. The minimum absolute atomic E-state index is 0.192. The van der Waals surface area contributed by atoms with E-state index in [1.807, 2.05) is 0 Å². The summed E-state index contributed by atoms with van der Waals surface area (Å²) in [5, 5.41) is 3.47. The highest BCUT2D eigenvalue weighted by atomic mass is 14.9. The number of rotatable bonds is 4. The van der Waals surface area contributed by atoms with Gasteiger partial charge in [0.05, 0.1) is 0 Å². The number of hydrogen-bond donors (Lipinski definition) is 2. The van der Waals surface area contributed by atoms with Gasteiger partial charge >= 0.3 is 0 Å². The van der Waals surface area contributed by atoms with Crippen LogP contribution in [-0.2, 0) is 0 Å². The van der Waals surface area contributed by atoms with Crippen molar-refractivity contribution in [3.63, 3.8) is 0 Å². The summed E-state index contributed by atoms with van der Waals surface area (Å²) in [7, 11) is 0. The van der Waals surface area contributed by atoms with Crippen LogP contribution in [0, 0.1) is 16.7 Å². The summed E-state index contributed by atoms with van der Waals surface area (Å²) in [6, 6.07) is 0.227. The third-order valence-electron chi connectivity index (χ3n) is 3.41. The molecule has 0 radical (unpaired) electrons. The van der Waals surface area contributed by atoms with Crippen LogP contribution >= 0.6 is 0 Å². The van der Waals surface area contributed by atoms with Crippen LogP contribution in [0.4, 0.5) is 0 Å². The van der Waals surface area contributed by atoms with Crippen LogP contribution in [0.2, 0.25) is 0 Å². The Bertz CT molecular complexity index is 154. The molecule has 2 nitrogen and oxygen atoms in total. The van der Waals surface area contributed by atoms with Crippen LogP contribution in [-0.4, -0.2) is 19.1 Å². The zero-order valence-corrected chi connectivity index (χ0v) is 11.6. The number of nitrogens with one attached hydrogen (secondary N) is 1. The molecule has 92 valence electrons. The van der Waals surface area contributed by atoms with Gasteiger partial charge in [-0.3, -0.25) is 0 Å². The third kappa shape index (κ3) is 6.16. The molecule has 2 atom stereocenters. The van der Waals surface area contributed by atoms with Crippen LogP contribution in [0.25, 0.3) is 0 Å². The maximum absolute atomic E-state index is 6.08. The summed E-state index contributed by atoms with van der Waals surface area (Å²) >= 11 is 0. The first kappa shape index (κ1) is 14.9. The molecular formula is C13H30N2. The van der Waals surface area contributed by atoms with Gasteiger partial charge in [-0.1, -0.05) is 48.5 Å². The van der Waals surface area contributed by atoms with Gasteiger partial charge in [0, 0.05) is 12.6 Å². The lowest BCUT2D eigenvalue weighted by Gasteiger charge is -2.30. The van der Waals surface area contributed by atoms with E-state index in [-0.39, 0.29) is 11.5 Å². The minimum atomic E-state index is 0.192. The molecule has 0 saturated carbocycles. The Morgan fingerprint density at radius 3 is 1.73 bits per heavy atom. The molecule has 0 fully saturated rings. The Morgan fingerprint density at radius 2 is 1.40 bits per heavy atom. The van der Waals surface area contributed by atoms with Crippen molar-refractivity contribution in [1.82, 2.24) is 5.32 Å². The summed E-state index contributed by atoms with van der Waals surface area (Å²) < 4.78 is 0. The molecule has 0 aromatic carbocycles. The number of hydrogen-bond acceptors (Lipinski definition) is 2. The zero-order valence-electron chi connectivity index (χ0n) is 11.6. The summed E-state index contributed by atoms with van der Waals surface area (Å²) in [5.41, 5.74) is 6.65. The lowest BCUT2D eigenvalue weighted by atomic mass is 9.82. The summed E-state index contributed by atoms with van der Waals surface area (Å²) in [6.45, 7) is 17.6. The molecular weight excluding hydrogens is 184 g/mol. The van der Waals surface area contributed by atoms with Gasteiger partial charge in [-0.05, 0) is 23.3 Å². The van der Waals surface area contributed by atoms with Gasteiger partial charge in [-0.25, -0.2) is 0 Å². The Balaban J connectivity index is 3.81. The first-order valence-corrected chi connectivity index (χ1v) is 6.01. The Labute approximate surface area is 96.0 Å². The highest BCUT2D eigenvalue weighted by Gasteiger charge is 2.22. The Morgan fingerprint density at radius 1 is 0.933 bits per heavy atom.